The number of carbonyl (C=O) groups is 2. The maximum absolute atomic E-state index is 15.0. The van der Waals surface area contributed by atoms with E-state index in [1.165, 1.54) is 30.6 Å². The number of rotatable bonds is 11. The number of nitrogens with zero attached hydrogens (tertiary/aromatic N) is 3. The molecule has 3 heterocycles. The predicted octanol–water partition coefficient (Wildman–Crippen LogP) is 6.99. The Labute approximate surface area is 235 Å². The highest BCUT2D eigenvalue weighted by Gasteiger charge is 2.17. The second kappa shape index (κ2) is 11.8. The third kappa shape index (κ3) is 6.10. The van der Waals surface area contributed by atoms with Gasteiger partial charge in [-0.2, -0.15) is 0 Å². The number of hydrogen-bond acceptors (Lipinski definition) is 7. The van der Waals surface area contributed by atoms with Crippen molar-refractivity contribution < 1.29 is 23.5 Å². The van der Waals surface area contributed by atoms with Crippen LogP contribution in [0.3, 0.4) is 0 Å². The molecule has 0 fully saturated rings. The highest BCUT2D eigenvalue weighted by Crippen LogP contribution is 2.39. The monoisotopic (exact) mass is 557 g/mol. The van der Waals surface area contributed by atoms with Crippen LogP contribution in [0, 0.1) is 5.82 Å². The maximum Gasteiger partial charge on any atom is 0.166 e. The Balaban J connectivity index is 1.25. The van der Waals surface area contributed by atoms with E-state index in [0.29, 0.717) is 23.1 Å². The van der Waals surface area contributed by atoms with Crippen LogP contribution in [0.5, 0.6) is 17.2 Å². The van der Waals surface area contributed by atoms with Gasteiger partial charge in [0, 0.05) is 42.9 Å². The Morgan fingerprint density at radius 2 is 1.77 bits per heavy atom. The van der Waals surface area contributed by atoms with Crippen molar-refractivity contribution >= 4 is 33.1 Å². The van der Waals surface area contributed by atoms with Crippen LogP contribution in [0.15, 0.2) is 73.3 Å². The number of benzene rings is 2. The Bertz CT molecular complexity index is 1690. The lowest BCUT2D eigenvalue weighted by Gasteiger charge is -2.09. The van der Waals surface area contributed by atoms with Crippen LogP contribution < -0.4 is 9.47 Å². The first-order chi connectivity index (χ1) is 19.3. The van der Waals surface area contributed by atoms with Crippen molar-refractivity contribution in [3.8, 4) is 27.8 Å². The number of carbonyl (C=O) groups excluding carboxylic acids is 2. The van der Waals surface area contributed by atoms with Gasteiger partial charge in [-0.15, -0.1) is 11.3 Å². The summed E-state index contributed by atoms with van der Waals surface area (Å²) in [5, 5.41) is 0. The summed E-state index contributed by atoms with van der Waals surface area (Å²) < 4.78 is 29.1. The SMILES string of the molecule is COc1ccccc1CC(=O)CC(=O)Cc1ccc(Oc2ccnc3cc(-c4cn(C(C)C)cn4)sc23)c(F)c1. The fraction of sp³-hybridized carbons (Fsp3) is 0.226. The van der Waals surface area contributed by atoms with Crippen LogP contribution in [-0.4, -0.2) is 33.2 Å². The maximum atomic E-state index is 15.0. The third-order valence-corrected chi connectivity index (χ3v) is 7.58. The van der Waals surface area contributed by atoms with Crippen LogP contribution in [0.4, 0.5) is 4.39 Å². The molecule has 0 aliphatic carbocycles. The number of Topliss-reactive ketones (excluding diaryl/α,β-unsaturated/α-hetero) is 2. The summed E-state index contributed by atoms with van der Waals surface area (Å²) in [6.07, 6.45) is 5.22. The quantitative estimate of drug-likeness (QED) is 0.163. The number of pyridine rings is 1. The van der Waals surface area contributed by atoms with Crippen LogP contribution in [0.25, 0.3) is 20.8 Å². The van der Waals surface area contributed by atoms with Gasteiger partial charge >= 0.3 is 0 Å². The lowest BCUT2D eigenvalue weighted by Crippen LogP contribution is -2.13. The molecule has 204 valence electrons. The molecule has 0 radical (unpaired) electrons. The van der Waals surface area contributed by atoms with Crippen molar-refractivity contribution in [1.82, 2.24) is 14.5 Å². The first-order valence-electron chi connectivity index (χ1n) is 12.8. The van der Waals surface area contributed by atoms with Crippen LogP contribution in [0.1, 0.15) is 37.4 Å². The Kier molecular flexibility index (Phi) is 8.02. The summed E-state index contributed by atoms with van der Waals surface area (Å²) in [5.74, 6) is 0.0260. The number of halogens is 1. The number of hydrogen-bond donors (Lipinski definition) is 0. The van der Waals surface area contributed by atoms with Gasteiger partial charge in [-0.25, -0.2) is 9.37 Å². The summed E-state index contributed by atoms with van der Waals surface area (Å²) in [6, 6.07) is 15.5. The molecule has 5 rings (SSSR count). The number of thiophene rings is 1. The minimum Gasteiger partial charge on any atom is -0.496 e. The first kappa shape index (κ1) is 27.2. The standard InChI is InChI=1S/C31H28FN3O4S/c1-19(2)35-17-26(34-18-35)30-16-25-31(40-30)29(10-11-33-25)39-28-9-8-20(13-24(28)32)12-22(36)15-23(37)14-21-6-4-5-7-27(21)38-3/h4-11,13,16-19H,12,14-15H2,1-3H3. The predicted molar refractivity (Wildman–Crippen MR) is 153 cm³/mol. The largest absolute Gasteiger partial charge is 0.496 e. The highest BCUT2D eigenvalue weighted by molar-refractivity contribution is 7.22. The molecule has 0 amide bonds. The molecule has 3 aromatic heterocycles. The Hall–Kier alpha value is -4.37. The zero-order valence-corrected chi connectivity index (χ0v) is 23.2. The van der Waals surface area contributed by atoms with Crippen LogP contribution in [0.2, 0.25) is 0 Å². The van der Waals surface area contributed by atoms with E-state index in [2.05, 4.69) is 23.8 Å². The molecule has 0 aliphatic heterocycles. The van der Waals surface area contributed by atoms with Gasteiger partial charge in [-0.3, -0.25) is 14.6 Å². The molecule has 0 saturated heterocycles. The van der Waals surface area contributed by atoms with E-state index in [1.807, 2.05) is 29.0 Å². The van der Waals surface area contributed by atoms with Gasteiger partial charge in [0.1, 0.15) is 23.1 Å². The molecular formula is C31H28FN3O4S. The lowest BCUT2D eigenvalue weighted by molar-refractivity contribution is -0.126. The van der Waals surface area contributed by atoms with E-state index in [-0.39, 0.29) is 36.6 Å². The van der Waals surface area contributed by atoms with E-state index in [9.17, 15) is 9.59 Å². The smallest absolute Gasteiger partial charge is 0.166 e. The van der Waals surface area contributed by atoms with Gasteiger partial charge in [0.25, 0.3) is 0 Å². The average molecular weight is 558 g/mol. The fourth-order valence-electron chi connectivity index (χ4n) is 4.36. The minimum atomic E-state index is -0.594. The Morgan fingerprint density at radius 3 is 2.52 bits per heavy atom. The molecule has 9 heteroatoms. The van der Waals surface area contributed by atoms with E-state index >= 15 is 4.39 Å². The topological polar surface area (TPSA) is 83.3 Å². The number of ether oxygens (including phenoxy) is 2. The van der Waals surface area contributed by atoms with Crippen LogP contribution in [-0.2, 0) is 22.4 Å². The number of ketones is 2. The molecular weight excluding hydrogens is 529 g/mol. The fourth-order valence-corrected chi connectivity index (χ4v) is 5.38. The van der Waals surface area contributed by atoms with Crippen molar-refractivity contribution in [3.63, 3.8) is 0 Å². The summed E-state index contributed by atoms with van der Waals surface area (Å²) in [7, 11) is 1.54. The molecule has 0 aliphatic rings. The molecule has 40 heavy (non-hydrogen) atoms. The molecule has 7 nitrogen and oxygen atoms in total. The molecule has 0 bridgehead atoms. The first-order valence-corrected chi connectivity index (χ1v) is 13.7. The van der Waals surface area contributed by atoms with Gasteiger partial charge in [-0.05, 0) is 43.7 Å². The normalized spacial score (nSPS) is 11.2. The zero-order valence-electron chi connectivity index (χ0n) is 22.4. The molecule has 0 unspecified atom stereocenters. The summed E-state index contributed by atoms with van der Waals surface area (Å²) in [5.41, 5.74) is 2.77. The van der Waals surface area contributed by atoms with Gasteiger partial charge in [-0.1, -0.05) is 24.3 Å². The Morgan fingerprint density at radius 1 is 0.975 bits per heavy atom. The number of imidazole rings is 1. The third-order valence-electron chi connectivity index (χ3n) is 6.42. The molecule has 0 atom stereocenters. The van der Waals surface area contributed by atoms with E-state index in [0.717, 1.165) is 26.4 Å². The minimum absolute atomic E-state index is 0.0370. The molecule has 2 aromatic carbocycles. The van der Waals surface area contributed by atoms with E-state index in [1.54, 1.807) is 36.8 Å². The van der Waals surface area contributed by atoms with Gasteiger partial charge in [0.15, 0.2) is 11.6 Å². The van der Waals surface area contributed by atoms with Gasteiger partial charge < -0.3 is 14.0 Å². The number of para-hydroxylation sites is 1. The summed E-state index contributed by atoms with van der Waals surface area (Å²) in [4.78, 5) is 34.9. The van der Waals surface area contributed by atoms with Crippen molar-refractivity contribution in [2.45, 2.75) is 39.2 Å². The number of methoxy groups -OCH3 is 1. The molecule has 0 saturated carbocycles. The second-order valence-corrected chi connectivity index (χ2v) is 10.8. The van der Waals surface area contributed by atoms with Crippen molar-refractivity contribution in [2.24, 2.45) is 0 Å². The van der Waals surface area contributed by atoms with E-state index < -0.39 is 5.82 Å². The van der Waals surface area contributed by atoms with E-state index in [4.69, 9.17) is 9.47 Å². The number of aromatic nitrogens is 3. The second-order valence-electron chi connectivity index (χ2n) is 9.72. The molecule has 0 spiro atoms. The van der Waals surface area contributed by atoms with Crippen molar-refractivity contribution in [1.29, 1.82) is 0 Å². The zero-order chi connectivity index (χ0) is 28.2. The lowest BCUT2D eigenvalue weighted by atomic mass is 10.0. The molecule has 0 N–H and O–H groups in total. The average Bonchev–Trinajstić information content (AvgIpc) is 3.59. The van der Waals surface area contributed by atoms with Gasteiger partial charge in [0.2, 0.25) is 0 Å². The summed E-state index contributed by atoms with van der Waals surface area (Å²) in [6.45, 7) is 4.17. The molecule has 5 aromatic rings. The highest BCUT2D eigenvalue weighted by atomic mass is 32.1. The van der Waals surface area contributed by atoms with Crippen molar-refractivity contribution in [2.75, 3.05) is 7.11 Å². The summed E-state index contributed by atoms with van der Waals surface area (Å²) >= 11 is 1.48. The van der Waals surface area contributed by atoms with Crippen molar-refractivity contribution in [3.05, 3.63) is 90.3 Å². The van der Waals surface area contributed by atoms with Gasteiger partial charge in [0.05, 0.1) is 40.6 Å². The van der Waals surface area contributed by atoms with Crippen LogP contribution >= 0.6 is 11.3 Å². The number of fused-ring (bicyclic) bond motifs is 1.